The van der Waals surface area contributed by atoms with E-state index in [1.807, 2.05) is 56.3 Å². The molecule has 116 valence electrons. The van der Waals surface area contributed by atoms with Gasteiger partial charge >= 0.3 is 0 Å². The van der Waals surface area contributed by atoms with Crippen LogP contribution < -0.4 is 10.1 Å². The fourth-order valence-corrected chi connectivity index (χ4v) is 2.31. The minimum Gasteiger partial charge on any atom is -0.494 e. The Kier molecular flexibility index (Phi) is 5.84. The van der Waals surface area contributed by atoms with E-state index in [1.54, 1.807) is 0 Å². The molecule has 0 bridgehead atoms. The molecule has 1 N–H and O–H groups in total. The smallest absolute Gasteiger partial charge is 0.224 e. The Bertz CT molecular complexity index is 638. The third kappa shape index (κ3) is 4.50. The van der Waals surface area contributed by atoms with Gasteiger partial charge in [0.2, 0.25) is 5.91 Å². The van der Waals surface area contributed by atoms with Crippen LogP contribution in [0.1, 0.15) is 24.5 Å². The van der Waals surface area contributed by atoms with Gasteiger partial charge in [-0.2, -0.15) is 0 Å². The maximum Gasteiger partial charge on any atom is 0.224 e. The molecule has 0 radical (unpaired) electrons. The Labute approximate surface area is 136 Å². The standard InChI is InChI=1S/C18H20ClNO2/c1-3-22-15-10-7-14(8-11-15)9-12-18(21)20-17-6-4-5-16(19)13(17)2/h4-8,10-11H,3,9,12H2,1-2H3,(H,20,21). The van der Waals surface area contributed by atoms with Gasteiger partial charge in [-0.05, 0) is 55.7 Å². The molecular formula is C18H20ClNO2. The SMILES string of the molecule is CCOc1ccc(CCC(=O)Nc2cccc(Cl)c2C)cc1. The lowest BCUT2D eigenvalue weighted by molar-refractivity contribution is -0.116. The highest BCUT2D eigenvalue weighted by molar-refractivity contribution is 6.31. The van der Waals surface area contributed by atoms with Crippen LogP contribution in [0.5, 0.6) is 5.75 Å². The lowest BCUT2D eigenvalue weighted by atomic mass is 10.1. The van der Waals surface area contributed by atoms with E-state index in [4.69, 9.17) is 16.3 Å². The summed E-state index contributed by atoms with van der Waals surface area (Å²) in [6.45, 7) is 4.50. The fraction of sp³-hybridized carbons (Fsp3) is 0.278. The normalized spacial score (nSPS) is 10.3. The molecule has 0 saturated heterocycles. The number of halogens is 1. The Morgan fingerprint density at radius 3 is 2.59 bits per heavy atom. The second-order valence-corrected chi connectivity index (χ2v) is 5.44. The molecule has 0 aliphatic carbocycles. The average molecular weight is 318 g/mol. The van der Waals surface area contributed by atoms with Gasteiger partial charge in [0.1, 0.15) is 5.75 Å². The largest absolute Gasteiger partial charge is 0.494 e. The molecule has 2 rings (SSSR count). The van der Waals surface area contributed by atoms with Crippen molar-refractivity contribution in [1.29, 1.82) is 0 Å². The number of anilines is 1. The summed E-state index contributed by atoms with van der Waals surface area (Å²) < 4.78 is 5.40. The number of hydrogen-bond donors (Lipinski definition) is 1. The zero-order chi connectivity index (χ0) is 15.9. The third-order valence-electron chi connectivity index (χ3n) is 3.42. The molecule has 2 aromatic carbocycles. The van der Waals surface area contributed by atoms with Gasteiger partial charge in [-0.15, -0.1) is 0 Å². The molecule has 0 spiro atoms. The van der Waals surface area contributed by atoms with Gasteiger partial charge < -0.3 is 10.1 Å². The van der Waals surface area contributed by atoms with E-state index in [1.165, 1.54) is 0 Å². The van der Waals surface area contributed by atoms with Crippen molar-refractivity contribution in [3.63, 3.8) is 0 Å². The summed E-state index contributed by atoms with van der Waals surface area (Å²) in [7, 11) is 0. The van der Waals surface area contributed by atoms with E-state index >= 15 is 0 Å². The molecule has 0 unspecified atom stereocenters. The average Bonchev–Trinajstić information content (AvgIpc) is 2.51. The second kappa shape index (κ2) is 7.85. The molecule has 0 fully saturated rings. The monoisotopic (exact) mass is 317 g/mol. The van der Waals surface area contributed by atoms with Crippen molar-refractivity contribution in [3.05, 3.63) is 58.6 Å². The van der Waals surface area contributed by atoms with Crippen LogP contribution in [-0.4, -0.2) is 12.5 Å². The highest BCUT2D eigenvalue weighted by atomic mass is 35.5. The van der Waals surface area contributed by atoms with E-state index in [-0.39, 0.29) is 5.91 Å². The number of nitrogens with one attached hydrogen (secondary N) is 1. The van der Waals surface area contributed by atoms with E-state index in [0.717, 1.165) is 22.6 Å². The number of rotatable bonds is 6. The lowest BCUT2D eigenvalue weighted by Crippen LogP contribution is -2.13. The van der Waals surface area contributed by atoms with Crippen molar-refractivity contribution >= 4 is 23.2 Å². The van der Waals surface area contributed by atoms with Crippen molar-refractivity contribution in [2.75, 3.05) is 11.9 Å². The van der Waals surface area contributed by atoms with Gasteiger partial charge in [0.25, 0.3) is 0 Å². The summed E-state index contributed by atoms with van der Waals surface area (Å²) in [5.41, 5.74) is 2.77. The molecule has 0 aliphatic rings. The van der Waals surface area contributed by atoms with Gasteiger partial charge in [0, 0.05) is 17.1 Å². The van der Waals surface area contributed by atoms with Crippen LogP contribution >= 0.6 is 11.6 Å². The summed E-state index contributed by atoms with van der Waals surface area (Å²) >= 11 is 6.05. The lowest BCUT2D eigenvalue weighted by Gasteiger charge is -2.09. The summed E-state index contributed by atoms with van der Waals surface area (Å²) in [5.74, 6) is 0.838. The maximum atomic E-state index is 12.0. The molecule has 1 amide bonds. The zero-order valence-corrected chi connectivity index (χ0v) is 13.6. The number of carbonyl (C=O) groups is 1. The molecule has 0 atom stereocenters. The Balaban J connectivity index is 1.88. The summed E-state index contributed by atoms with van der Waals surface area (Å²) in [4.78, 5) is 12.0. The minimum absolute atomic E-state index is 0.0146. The molecule has 2 aromatic rings. The molecule has 0 aliphatic heterocycles. The van der Waals surface area contributed by atoms with Crippen LogP contribution in [0, 0.1) is 6.92 Å². The minimum atomic E-state index is -0.0146. The highest BCUT2D eigenvalue weighted by Crippen LogP contribution is 2.23. The van der Waals surface area contributed by atoms with Crippen molar-refractivity contribution in [3.8, 4) is 5.75 Å². The maximum absolute atomic E-state index is 12.0. The van der Waals surface area contributed by atoms with Crippen LogP contribution in [0.2, 0.25) is 5.02 Å². The summed E-state index contributed by atoms with van der Waals surface area (Å²) in [5, 5.41) is 3.56. The van der Waals surface area contributed by atoms with Gasteiger partial charge in [-0.25, -0.2) is 0 Å². The van der Waals surface area contributed by atoms with Gasteiger partial charge in [0.05, 0.1) is 6.61 Å². The first kappa shape index (κ1) is 16.4. The number of ether oxygens (including phenoxy) is 1. The van der Waals surface area contributed by atoms with E-state index < -0.39 is 0 Å². The van der Waals surface area contributed by atoms with Gasteiger partial charge in [-0.3, -0.25) is 4.79 Å². The molecule has 0 saturated carbocycles. The molecular weight excluding hydrogens is 298 g/mol. The quantitative estimate of drug-likeness (QED) is 0.844. The molecule has 3 nitrogen and oxygen atoms in total. The van der Waals surface area contributed by atoms with Crippen LogP contribution in [0.4, 0.5) is 5.69 Å². The molecule has 22 heavy (non-hydrogen) atoms. The number of hydrogen-bond acceptors (Lipinski definition) is 2. The summed E-state index contributed by atoms with van der Waals surface area (Å²) in [6, 6.07) is 13.3. The predicted octanol–water partition coefficient (Wildman–Crippen LogP) is 4.62. The fourth-order valence-electron chi connectivity index (χ4n) is 2.13. The first-order chi connectivity index (χ1) is 10.6. The highest BCUT2D eigenvalue weighted by Gasteiger charge is 2.07. The topological polar surface area (TPSA) is 38.3 Å². The van der Waals surface area contributed by atoms with E-state index in [2.05, 4.69) is 5.32 Å². The Hall–Kier alpha value is -2.00. The Morgan fingerprint density at radius 2 is 1.91 bits per heavy atom. The molecule has 0 heterocycles. The van der Waals surface area contributed by atoms with Crippen molar-refractivity contribution in [1.82, 2.24) is 0 Å². The predicted molar refractivity (Wildman–Crippen MR) is 90.8 cm³/mol. The van der Waals surface area contributed by atoms with Crippen molar-refractivity contribution in [2.45, 2.75) is 26.7 Å². The van der Waals surface area contributed by atoms with Crippen molar-refractivity contribution in [2.24, 2.45) is 0 Å². The Morgan fingerprint density at radius 1 is 1.18 bits per heavy atom. The van der Waals surface area contributed by atoms with Gasteiger partial charge in [0.15, 0.2) is 0 Å². The summed E-state index contributed by atoms with van der Waals surface area (Å²) in [6.07, 6.45) is 1.12. The number of benzene rings is 2. The van der Waals surface area contributed by atoms with Crippen LogP contribution in [0.25, 0.3) is 0 Å². The number of aryl methyl sites for hydroxylation is 1. The van der Waals surface area contributed by atoms with Crippen LogP contribution in [0.15, 0.2) is 42.5 Å². The number of amides is 1. The van der Waals surface area contributed by atoms with Crippen molar-refractivity contribution < 1.29 is 9.53 Å². The third-order valence-corrected chi connectivity index (χ3v) is 3.83. The van der Waals surface area contributed by atoms with E-state index in [9.17, 15) is 4.79 Å². The van der Waals surface area contributed by atoms with Gasteiger partial charge in [-0.1, -0.05) is 29.8 Å². The molecule has 4 heteroatoms. The second-order valence-electron chi connectivity index (χ2n) is 5.04. The van der Waals surface area contributed by atoms with Crippen LogP contribution in [-0.2, 0) is 11.2 Å². The van der Waals surface area contributed by atoms with E-state index in [0.29, 0.717) is 24.5 Å². The first-order valence-electron chi connectivity index (χ1n) is 7.37. The zero-order valence-electron chi connectivity index (χ0n) is 12.9. The van der Waals surface area contributed by atoms with Crippen LogP contribution in [0.3, 0.4) is 0 Å². The molecule has 0 aromatic heterocycles. The first-order valence-corrected chi connectivity index (χ1v) is 7.74. The number of carbonyl (C=O) groups excluding carboxylic acids is 1.